The third-order valence-corrected chi connectivity index (χ3v) is 5.38. The van der Waals surface area contributed by atoms with Crippen LogP contribution in [0.2, 0.25) is 0 Å². The van der Waals surface area contributed by atoms with E-state index in [0.29, 0.717) is 29.8 Å². The molecule has 0 atom stereocenters. The van der Waals surface area contributed by atoms with Crippen molar-refractivity contribution >= 4 is 29.9 Å². The molecule has 0 aromatic heterocycles. The van der Waals surface area contributed by atoms with Gasteiger partial charge in [-0.05, 0) is 30.0 Å². The van der Waals surface area contributed by atoms with Crippen LogP contribution in [0.25, 0.3) is 0 Å². The van der Waals surface area contributed by atoms with Crippen LogP contribution in [-0.2, 0) is 11.3 Å². The number of aliphatic imine (C=N–C) groups is 1. The van der Waals surface area contributed by atoms with E-state index in [0.717, 1.165) is 63.8 Å². The van der Waals surface area contributed by atoms with E-state index in [9.17, 15) is 0 Å². The first-order valence-electron chi connectivity index (χ1n) is 11.1. The zero-order valence-electron chi connectivity index (χ0n) is 20.5. The predicted octanol–water partition coefficient (Wildman–Crippen LogP) is 3.09. The fraction of sp³-hybridized carbons (Fsp3) is 0.696. The Labute approximate surface area is 210 Å². The van der Waals surface area contributed by atoms with E-state index < -0.39 is 0 Å². The molecule has 0 saturated carbocycles. The standard InChI is InChI=1S/C23H40N4O4.HI/c1-18(2)7-13-31-14-8-25-23(24-3)27-11-9-26(10-12-27)17-19-15-20(28-4)22(30-6)21(16-19)29-5;/h15-16,18H,7-14,17H2,1-6H3,(H,24,25);1H. The third-order valence-electron chi connectivity index (χ3n) is 5.38. The quantitative estimate of drug-likeness (QED) is 0.192. The normalized spacial score (nSPS) is 14.8. The minimum atomic E-state index is 0. The van der Waals surface area contributed by atoms with Crippen LogP contribution in [0.5, 0.6) is 17.2 Å². The summed E-state index contributed by atoms with van der Waals surface area (Å²) in [6.45, 7) is 11.3. The summed E-state index contributed by atoms with van der Waals surface area (Å²) in [5, 5.41) is 3.42. The first-order chi connectivity index (χ1) is 15.0. The lowest BCUT2D eigenvalue weighted by atomic mass is 10.1. The fourth-order valence-electron chi connectivity index (χ4n) is 3.59. The van der Waals surface area contributed by atoms with Gasteiger partial charge in [-0.15, -0.1) is 24.0 Å². The molecule has 32 heavy (non-hydrogen) atoms. The molecule has 1 saturated heterocycles. The van der Waals surface area contributed by atoms with E-state index in [1.807, 2.05) is 19.2 Å². The molecule has 0 bridgehead atoms. The first-order valence-corrected chi connectivity index (χ1v) is 11.1. The lowest BCUT2D eigenvalue weighted by Gasteiger charge is -2.36. The van der Waals surface area contributed by atoms with E-state index in [-0.39, 0.29) is 24.0 Å². The summed E-state index contributed by atoms with van der Waals surface area (Å²) in [4.78, 5) is 9.18. The maximum absolute atomic E-state index is 5.69. The van der Waals surface area contributed by atoms with Crippen molar-refractivity contribution < 1.29 is 18.9 Å². The molecule has 1 aliphatic rings. The van der Waals surface area contributed by atoms with Crippen LogP contribution >= 0.6 is 24.0 Å². The molecule has 0 aliphatic carbocycles. The number of methoxy groups -OCH3 is 3. The topological polar surface area (TPSA) is 67.8 Å². The average Bonchev–Trinajstić information content (AvgIpc) is 2.78. The average molecular weight is 565 g/mol. The van der Waals surface area contributed by atoms with Crippen molar-refractivity contribution in [1.29, 1.82) is 0 Å². The highest BCUT2D eigenvalue weighted by atomic mass is 127. The number of benzene rings is 1. The first kappa shape index (κ1) is 28.6. The Bertz CT molecular complexity index is 670. The van der Waals surface area contributed by atoms with E-state index in [1.165, 1.54) is 0 Å². The van der Waals surface area contributed by atoms with Gasteiger partial charge < -0.3 is 29.2 Å². The molecule has 1 aromatic carbocycles. The number of rotatable bonds is 11. The number of hydrogen-bond donors (Lipinski definition) is 1. The van der Waals surface area contributed by atoms with E-state index in [4.69, 9.17) is 18.9 Å². The minimum absolute atomic E-state index is 0. The van der Waals surface area contributed by atoms with Crippen LogP contribution in [0.1, 0.15) is 25.8 Å². The maximum atomic E-state index is 5.69. The van der Waals surface area contributed by atoms with E-state index >= 15 is 0 Å². The zero-order chi connectivity index (χ0) is 22.6. The molecule has 184 valence electrons. The Balaban J connectivity index is 0.00000512. The Morgan fingerprint density at radius 3 is 2.12 bits per heavy atom. The molecule has 8 nitrogen and oxygen atoms in total. The summed E-state index contributed by atoms with van der Waals surface area (Å²) >= 11 is 0. The number of hydrogen-bond acceptors (Lipinski definition) is 6. The fourth-order valence-corrected chi connectivity index (χ4v) is 3.59. The van der Waals surface area contributed by atoms with Crippen molar-refractivity contribution in [3.63, 3.8) is 0 Å². The highest BCUT2D eigenvalue weighted by Crippen LogP contribution is 2.38. The van der Waals surface area contributed by atoms with Crippen molar-refractivity contribution in [2.24, 2.45) is 10.9 Å². The number of ether oxygens (including phenoxy) is 4. The molecular formula is C23H41IN4O4. The monoisotopic (exact) mass is 564 g/mol. The van der Waals surface area contributed by atoms with Crippen molar-refractivity contribution in [2.75, 3.05) is 74.3 Å². The van der Waals surface area contributed by atoms with Gasteiger partial charge >= 0.3 is 0 Å². The molecule has 0 amide bonds. The van der Waals surface area contributed by atoms with Crippen LogP contribution in [-0.4, -0.2) is 90.1 Å². The molecule has 0 spiro atoms. The summed E-state index contributed by atoms with van der Waals surface area (Å²) in [5.41, 5.74) is 1.14. The van der Waals surface area contributed by atoms with Gasteiger partial charge in [-0.3, -0.25) is 9.89 Å². The number of guanidine groups is 1. The summed E-state index contributed by atoms with van der Waals surface area (Å²) in [5.74, 6) is 3.63. The largest absolute Gasteiger partial charge is 0.493 e. The lowest BCUT2D eigenvalue weighted by molar-refractivity contribution is 0.126. The zero-order valence-corrected chi connectivity index (χ0v) is 22.8. The Hall–Kier alpha value is -1.46. The Kier molecular flexibility index (Phi) is 13.7. The highest BCUT2D eigenvalue weighted by molar-refractivity contribution is 14.0. The van der Waals surface area contributed by atoms with Crippen LogP contribution in [0.15, 0.2) is 17.1 Å². The number of halogens is 1. The van der Waals surface area contributed by atoms with Gasteiger partial charge in [-0.25, -0.2) is 0 Å². The van der Waals surface area contributed by atoms with E-state index in [2.05, 4.69) is 34.0 Å². The van der Waals surface area contributed by atoms with Crippen LogP contribution < -0.4 is 19.5 Å². The lowest BCUT2D eigenvalue weighted by Crippen LogP contribution is -2.52. The molecule has 0 unspecified atom stereocenters. The second kappa shape index (κ2) is 15.4. The highest BCUT2D eigenvalue weighted by Gasteiger charge is 2.21. The number of piperazine rings is 1. The molecule has 1 aromatic rings. The van der Waals surface area contributed by atoms with Crippen molar-refractivity contribution in [1.82, 2.24) is 15.1 Å². The molecule has 2 rings (SSSR count). The predicted molar refractivity (Wildman–Crippen MR) is 140 cm³/mol. The van der Waals surface area contributed by atoms with Gasteiger partial charge in [0.05, 0.1) is 27.9 Å². The molecule has 1 heterocycles. The third kappa shape index (κ3) is 8.82. The molecular weight excluding hydrogens is 523 g/mol. The Morgan fingerprint density at radius 2 is 1.62 bits per heavy atom. The summed E-state index contributed by atoms with van der Waals surface area (Å²) < 4.78 is 22.1. The SMILES string of the molecule is CN=C(NCCOCCC(C)C)N1CCN(Cc2cc(OC)c(OC)c(OC)c2)CC1.I. The van der Waals surface area contributed by atoms with Crippen molar-refractivity contribution in [3.05, 3.63) is 17.7 Å². The Morgan fingerprint density at radius 1 is 1.00 bits per heavy atom. The number of nitrogens with one attached hydrogen (secondary N) is 1. The van der Waals surface area contributed by atoms with Gasteiger partial charge in [0.1, 0.15) is 0 Å². The van der Waals surface area contributed by atoms with Crippen LogP contribution in [0, 0.1) is 5.92 Å². The van der Waals surface area contributed by atoms with Gasteiger partial charge in [-0.1, -0.05) is 13.8 Å². The molecule has 1 fully saturated rings. The van der Waals surface area contributed by atoms with Gasteiger partial charge in [-0.2, -0.15) is 0 Å². The second-order valence-electron chi connectivity index (χ2n) is 8.07. The van der Waals surface area contributed by atoms with Crippen molar-refractivity contribution in [3.8, 4) is 17.2 Å². The molecule has 9 heteroatoms. The van der Waals surface area contributed by atoms with Crippen molar-refractivity contribution in [2.45, 2.75) is 26.8 Å². The van der Waals surface area contributed by atoms with Gasteiger partial charge in [0.15, 0.2) is 17.5 Å². The molecule has 1 N–H and O–H groups in total. The minimum Gasteiger partial charge on any atom is -0.493 e. The van der Waals surface area contributed by atoms with Gasteiger partial charge in [0.25, 0.3) is 0 Å². The summed E-state index contributed by atoms with van der Waals surface area (Å²) in [6, 6.07) is 4.04. The van der Waals surface area contributed by atoms with Crippen LogP contribution in [0.3, 0.4) is 0 Å². The molecule has 1 aliphatic heterocycles. The summed E-state index contributed by atoms with van der Waals surface area (Å²) in [6.07, 6.45) is 1.10. The van der Waals surface area contributed by atoms with Gasteiger partial charge in [0, 0.05) is 52.9 Å². The smallest absolute Gasteiger partial charge is 0.203 e. The van der Waals surface area contributed by atoms with Crippen LogP contribution in [0.4, 0.5) is 0 Å². The molecule has 0 radical (unpaired) electrons. The second-order valence-corrected chi connectivity index (χ2v) is 8.07. The number of nitrogens with zero attached hydrogens (tertiary/aromatic N) is 3. The maximum Gasteiger partial charge on any atom is 0.203 e. The summed E-state index contributed by atoms with van der Waals surface area (Å²) in [7, 11) is 6.75. The van der Waals surface area contributed by atoms with Gasteiger partial charge in [0.2, 0.25) is 5.75 Å². The van der Waals surface area contributed by atoms with E-state index in [1.54, 1.807) is 21.3 Å².